The number of ether oxygens (including phenoxy) is 1. The number of hydrogen-bond acceptors (Lipinski definition) is 6. The van der Waals surface area contributed by atoms with Crippen molar-refractivity contribution in [3.63, 3.8) is 0 Å². The van der Waals surface area contributed by atoms with Gasteiger partial charge < -0.3 is 14.8 Å². The van der Waals surface area contributed by atoms with Crippen LogP contribution in [-0.4, -0.2) is 39.8 Å². The minimum atomic E-state index is -0.611. The first-order chi connectivity index (χ1) is 20.3. The number of ketones is 2. The molecule has 3 aromatic carbocycles. The number of phenolic OH excluding ortho intramolecular Hbond substituents is 1. The minimum Gasteiger partial charge on any atom is -0.508 e. The number of fused-ring (bicyclic) bond motifs is 6. The van der Waals surface area contributed by atoms with Gasteiger partial charge in [0.05, 0.1) is 18.1 Å². The summed E-state index contributed by atoms with van der Waals surface area (Å²) < 4.78 is 4.51. The minimum absolute atomic E-state index is 0.0698. The number of phenols is 1. The predicted octanol–water partition coefficient (Wildman–Crippen LogP) is 6.71. The molecule has 1 heterocycles. The molecule has 0 spiro atoms. The second-order valence-corrected chi connectivity index (χ2v) is 11.4. The Morgan fingerprint density at radius 1 is 1.05 bits per heavy atom. The van der Waals surface area contributed by atoms with E-state index < -0.39 is 6.09 Å². The highest BCUT2D eigenvalue weighted by molar-refractivity contribution is 6.10. The quantitative estimate of drug-likeness (QED) is 0.188. The van der Waals surface area contributed by atoms with Gasteiger partial charge in [-0.15, -0.1) is 0 Å². The van der Waals surface area contributed by atoms with Crippen LogP contribution in [-0.2, 0) is 16.0 Å². The number of allylic oxidation sites excluding steroid dienone is 2. The number of carbonyl (C=O) groups is 3. The average molecular weight is 564 g/mol. The molecule has 4 aromatic rings. The molecule has 3 aliphatic carbocycles. The second kappa shape index (κ2) is 10.9. The van der Waals surface area contributed by atoms with Crippen molar-refractivity contribution in [1.82, 2.24) is 9.97 Å². The van der Waals surface area contributed by atoms with Crippen molar-refractivity contribution in [3.8, 4) is 5.75 Å². The maximum absolute atomic E-state index is 12.4. The number of aromatic hydroxyl groups is 1. The molecule has 3 unspecified atom stereocenters. The van der Waals surface area contributed by atoms with Crippen LogP contribution in [0.5, 0.6) is 5.75 Å². The Morgan fingerprint density at radius 3 is 2.64 bits per heavy atom. The van der Waals surface area contributed by atoms with Crippen molar-refractivity contribution in [2.24, 2.45) is 11.3 Å². The molecular formula is C34H33N3O5. The summed E-state index contributed by atoms with van der Waals surface area (Å²) in [5.74, 6) is 1.96. The molecule has 8 heteroatoms. The monoisotopic (exact) mass is 563 g/mol. The van der Waals surface area contributed by atoms with Crippen molar-refractivity contribution in [2.45, 2.75) is 44.9 Å². The lowest BCUT2D eigenvalue weighted by Gasteiger charge is -2.43. The van der Waals surface area contributed by atoms with E-state index >= 15 is 0 Å². The fourth-order valence-corrected chi connectivity index (χ4v) is 6.85. The number of H-pyrrole nitrogens is 1. The maximum Gasteiger partial charge on any atom is 0.413 e. The Morgan fingerprint density at radius 2 is 1.86 bits per heavy atom. The van der Waals surface area contributed by atoms with Gasteiger partial charge in [-0.25, -0.2) is 9.78 Å². The van der Waals surface area contributed by atoms with Gasteiger partial charge in [0.15, 0.2) is 5.78 Å². The van der Waals surface area contributed by atoms with E-state index in [2.05, 4.69) is 39.1 Å². The molecule has 42 heavy (non-hydrogen) atoms. The third-order valence-corrected chi connectivity index (χ3v) is 9.07. The summed E-state index contributed by atoms with van der Waals surface area (Å²) in [6.45, 7) is 2.18. The fraction of sp³-hybridized carbons (Fsp3) is 0.294. The third-order valence-electron chi connectivity index (χ3n) is 9.07. The number of amides is 1. The van der Waals surface area contributed by atoms with Crippen LogP contribution < -0.4 is 5.32 Å². The Bertz CT molecular complexity index is 1720. The molecule has 8 nitrogen and oxygen atoms in total. The number of nitrogens with one attached hydrogen (secondary N) is 2. The van der Waals surface area contributed by atoms with Crippen LogP contribution in [0.1, 0.15) is 65.6 Å². The van der Waals surface area contributed by atoms with Gasteiger partial charge in [0.1, 0.15) is 11.5 Å². The normalized spacial score (nSPS) is 22.1. The number of aromatic nitrogens is 2. The van der Waals surface area contributed by atoms with E-state index in [9.17, 15) is 19.5 Å². The lowest BCUT2D eigenvalue weighted by molar-refractivity contribution is -0.126. The molecule has 3 aliphatic rings. The number of anilines is 1. The zero-order valence-corrected chi connectivity index (χ0v) is 23.6. The van der Waals surface area contributed by atoms with E-state index in [4.69, 9.17) is 0 Å². The summed E-state index contributed by atoms with van der Waals surface area (Å²) in [7, 11) is 1.27. The molecule has 0 bridgehead atoms. The molecule has 0 radical (unpaired) electrons. The fourth-order valence-electron chi connectivity index (χ4n) is 6.85. The summed E-state index contributed by atoms with van der Waals surface area (Å²) in [5, 5.41) is 12.1. The van der Waals surface area contributed by atoms with Gasteiger partial charge in [-0.05, 0) is 73.1 Å². The van der Waals surface area contributed by atoms with Crippen molar-refractivity contribution in [3.05, 3.63) is 101 Å². The molecule has 7 rings (SSSR count). The first-order valence-electron chi connectivity index (χ1n) is 14.3. The van der Waals surface area contributed by atoms with Crippen LogP contribution in [0.15, 0.2) is 78.4 Å². The Labute approximate surface area is 243 Å². The zero-order chi connectivity index (χ0) is 29.4. The van der Waals surface area contributed by atoms with Gasteiger partial charge in [-0.1, -0.05) is 55.0 Å². The summed E-state index contributed by atoms with van der Waals surface area (Å²) in [5.41, 5.74) is 6.51. The van der Waals surface area contributed by atoms with Crippen molar-refractivity contribution >= 4 is 34.6 Å². The zero-order valence-electron chi connectivity index (χ0n) is 23.6. The van der Waals surface area contributed by atoms with Gasteiger partial charge in [0.25, 0.3) is 0 Å². The molecule has 0 aliphatic heterocycles. The summed E-state index contributed by atoms with van der Waals surface area (Å²) >= 11 is 0. The predicted molar refractivity (Wildman–Crippen MR) is 160 cm³/mol. The first kappa shape index (κ1) is 27.4. The summed E-state index contributed by atoms with van der Waals surface area (Å²) in [6.07, 6.45) is 6.50. The lowest BCUT2D eigenvalue weighted by Crippen LogP contribution is -2.37. The van der Waals surface area contributed by atoms with E-state index in [1.54, 1.807) is 36.4 Å². The molecular weight excluding hydrogens is 530 g/mol. The highest BCUT2D eigenvalue weighted by Crippen LogP contribution is 2.57. The number of nitrogens with zero attached hydrogens (tertiary/aromatic N) is 1. The number of hydrogen-bond donors (Lipinski definition) is 3. The Hall–Kier alpha value is -4.72. The van der Waals surface area contributed by atoms with Crippen LogP contribution in [0.2, 0.25) is 0 Å². The Kier molecular flexibility index (Phi) is 7.14. The SMILES string of the molecule is CC12CCC3C(=CCc4cc(O)ccc43)C1CCC2=O.COC(=O)Nc1nc2ccc(C(=O)c3ccccc3)cc2[nH]1. The number of methoxy groups -OCH3 is 1. The molecule has 1 aromatic heterocycles. The maximum atomic E-state index is 12.4. The van der Waals surface area contributed by atoms with E-state index in [-0.39, 0.29) is 17.1 Å². The average Bonchev–Trinajstić information content (AvgIpc) is 3.55. The summed E-state index contributed by atoms with van der Waals surface area (Å²) in [4.78, 5) is 42.9. The molecule has 1 amide bonds. The van der Waals surface area contributed by atoms with E-state index in [1.807, 2.05) is 24.3 Å². The number of aromatic amines is 1. The standard InChI is InChI=1S/C18H20O2.C16H13N3O3/c1-18-9-8-14-13-5-3-12(19)10-11(13)2-4-15(14)16(18)6-7-17(18)20;1-22-16(21)19-15-17-12-8-7-11(9-13(12)18-15)14(20)10-5-3-2-4-6-10/h3-5,10,14,16,19H,2,6-9H2,1H3;2-9H,1H3,(H2,17,18,19,21). The van der Waals surface area contributed by atoms with Crippen LogP contribution in [0.3, 0.4) is 0 Å². The van der Waals surface area contributed by atoms with E-state index in [0.717, 1.165) is 32.1 Å². The van der Waals surface area contributed by atoms with Gasteiger partial charge in [0, 0.05) is 28.9 Å². The number of rotatable bonds is 3. The smallest absolute Gasteiger partial charge is 0.413 e. The topological polar surface area (TPSA) is 121 Å². The first-order valence-corrected chi connectivity index (χ1v) is 14.3. The number of imidazole rings is 1. The lowest BCUT2D eigenvalue weighted by atomic mass is 9.60. The summed E-state index contributed by atoms with van der Waals surface area (Å²) in [6, 6.07) is 20.0. The van der Waals surface area contributed by atoms with Gasteiger partial charge in [-0.2, -0.15) is 0 Å². The highest BCUT2D eigenvalue weighted by Gasteiger charge is 2.52. The van der Waals surface area contributed by atoms with Gasteiger partial charge in [0.2, 0.25) is 5.95 Å². The van der Waals surface area contributed by atoms with Crippen LogP contribution in [0.25, 0.3) is 11.0 Å². The van der Waals surface area contributed by atoms with Crippen LogP contribution in [0, 0.1) is 11.3 Å². The largest absolute Gasteiger partial charge is 0.508 e. The second-order valence-electron chi connectivity index (χ2n) is 11.4. The molecule has 0 saturated heterocycles. The molecule has 2 fully saturated rings. The molecule has 3 N–H and O–H groups in total. The molecule has 2 saturated carbocycles. The number of Topliss-reactive ketones (excluding diaryl/α,β-unsaturated/α-hetero) is 1. The van der Waals surface area contributed by atoms with Gasteiger partial charge in [-0.3, -0.25) is 14.9 Å². The van der Waals surface area contributed by atoms with E-state index in [0.29, 0.717) is 45.5 Å². The molecule has 214 valence electrons. The number of carbonyl (C=O) groups excluding carboxylic acids is 3. The van der Waals surface area contributed by atoms with Crippen molar-refractivity contribution < 1.29 is 24.2 Å². The van der Waals surface area contributed by atoms with Gasteiger partial charge >= 0.3 is 6.09 Å². The van der Waals surface area contributed by atoms with Crippen LogP contribution >= 0.6 is 0 Å². The number of benzene rings is 3. The van der Waals surface area contributed by atoms with E-state index in [1.165, 1.54) is 23.8 Å². The van der Waals surface area contributed by atoms with Crippen LogP contribution in [0.4, 0.5) is 10.7 Å². The van der Waals surface area contributed by atoms with Crippen molar-refractivity contribution in [2.75, 3.05) is 12.4 Å². The van der Waals surface area contributed by atoms with Crippen molar-refractivity contribution in [1.29, 1.82) is 0 Å². The Balaban J connectivity index is 0.000000151. The molecule has 3 atom stereocenters. The highest BCUT2D eigenvalue weighted by atomic mass is 16.5. The third kappa shape index (κ3) is 4.98.